The van der Waals surface area contributed by atoms with Crippen molar-refractivity contribution in [1.29, 1.82) is 0 Å². The van der Waals surface area contributed by atoms with E-state index < -0.39 is 0 Å². The molecule has 29 heavy (non-hydrogen) atoms. The average molecular weight is 396 g/mol. The van der Waals surface area contributed by atoms with E-state index in [1.807, 2.05) is 22.9 Å². The van der Waals surface area contributed by atoms with E-state index in [2.05, 4.69) is 40.6 Å². The molecule has 3 heterocycles. The summed E-state index contributed by atoms with van der Waals surface area (Å²) in [6.07, 6.45) is 1.87. The molecule has 0 amide bonds. The van der Waals surface area contributed by atoms with Gasteiger partial charge < -0.3 is 19.8 Å². The lowest BCUT2D eigenvalue weighted by Gasteiger charge is -2.25. The molecule has 2 aromatic heterocycles. The van der Waals surface area contributed by atoms with Crippen molar-refractivity contribution in [1.82, 2.24) is 25.4 Å². The Bertz CT molecular complexity index is 1010. The summed E-state index contributed by atoms with van der Waals surface area (Å²) in [7, 11) is 1.66. The van der Waals surface area contributed by atoms with Crippen LogP contribution < -0.4 is 10.6 Å². The number of furan rings is 1. The van der Waals surface area contributed by atoms with Gasteiger partial charge in [-0.2, -0.15) is 5.10 Å². The number of ether oxygens (including phenoxy) is 1. The van der Waals surface area contributed by atoms with Crippen LogP contribution in [0.4, 0.5) is 0 Å². The van der Waals surface area contributed by atoms with Crippen LogP contribution in [0.15, 0.2) is 33.7 Å². The first-order valence-electron chi connectivity index (χ1n) is 10.1. The number of para-hydroxylation sites is 1. The SMILES string of the molecule is CCNC(=NCc1oc2ccccc2c1C)NC1CCc2nc(COC)nn2C1. The fraction of sp³-hybridized carbons (Fsp3) is 0.476. The third kappa shape index (κ3) is 4.27. The van der Waals surface area contributed by atoms with Gasteiger partial charge in [0.05, 0.1) is 6.54 Å². The summed E-state index contributed by atoms with van der Waals surface area (Å²) in [5.41, 5.74) is 2.06. The Balaban J connectivity index is 1.45. The van der Waals surface area contributed by atoms with E-state index in [4.69, 9.17) is 14.1 Å². The van der Waals surface area contributed by atoms with E-state index in [-0.39, 0.29) is 6.04 Å². The number of rotatable bonds is 6. The summed E-state index contributed by atoms with van der Waals surface area (Å²) in [5.74, 6) is 3.45. The van der Waals surface area contributed by atoms with Crippen molar-refractivity contribution in [2.75, 3.05) is 13.7 Å². The largest absolute Gasteiger partial charge is 0.459 e. The Morgan fingerprint density at radius 2 is 2.24 bits per heavy atom. The quantitative estimate of drug-likeness (QED) is 0.492. The van der Waals surface area contributed by atoms with Crippen LogP contribution in [0.3, 0.4) is 0 Å². The molecule has 1 unspecified atom stereocenters. The minimum absolute atomic E-state index is 0.245. The van der Waals surface area contributed by atoms with Gasteiger partial charge in [0.2, 0.25) is 0 Å². The molecule has 0 fully saturated rings. The van der Waals surface area contributed by atoms with Crippen molar-refractivity contribution < 1.29 is 9.15 Å². The maximum absolute atomic E-state index is 5.99. The normalized spacial score (nSPS) is 16.8. The Labute approximate surface area is 170 Å². The lowest BCUT2D eigenvalue weighted by Crippen LogP contribution is -2.47. The topological polar surface area (TPSA) is 89.5 Å². The highest BCUT2D eigenvalue weighted by atomic mass is 16.5. The lowest BCUT2D eigenvalue weighted by atomic mass is 10.1. The zero-order chi connectivity index (χ0) is 20.2. The number of guanidine groups is 1. The number of aliphatic imine (C=N–C) groups is 1. The number of nitrogens with zero attached hydrogens (tertiary/aromatic N) is 4. The van der Waals surface area contributed by atoms with Crippen LogP contribution in [-0.2, 0) is 30.9 Å². The molecule has 4 rings (SSSR count). The molecule has 8 nitrogen and oxygen atoms in total. The smallest absolute Gasteiger partial charge is 0.191 e. The zero-order valence-corrected chi connectivity index (χ0v) is 17.2. The highest BCUT2D eigenvalue weighted by molar-refractivity contribution is 5.82. The lowest BCUT2D eigenvalue weighted by molar-refractivity contribution is 0.177. The molecule has 0 radical (unpaired) electrons. The van der Waals surface area contributed by atoms with Crippen LogP contribution in [0.1, 0.15) is 36.3 Å². The minimum atomic E-state index is 0.245. The summed E-state index contributed by atoms with van der Waals surface area (Å²) in [4.78, 5) is 9.30. The van der Waals surface area contributed by atoms with Gasteiger partial charge in [0.25, 0.3) is 0 Å². The Kier molecular flexibility index (Phi) is 5.80. The van der Waals surface area contributed by atoms with E-state index >= 15 is 0 Å². The molecule has 0 saturated carbocycles. The molecule has 1 aromatic carbocycles. The predicted octanol–water partition coefficient (Wildman–Crippen LogP) is 2.55. The first-order valence-corrected chi connectivity index (χ1v) is 10.1. The molecule has 0 bridgehead atoms. The third-order valence-electron chi connectivity index (χ3n) is 5.18. The highest BCUT2D eigenvalue weighted by Crippen LogP contribution is 2.25. The molecule has 1 aliphatic rings. The maximum Gasteiger partial charge on any atom is 0.191 e. The molecular weight excluding hydrogens is 368 g/mol. The molecule has 1 aliphatic heterocycles. The van der Waals surface area contributed by atoms with Crippen LogP contribution in [0.2, 0.25) is 0 Å². The number of hydrogen-bond donors (Lipinski definition) is 2. The molecule has 0 saturated heterocycles. The number of methoxy groups -OCH3 is 1. The van der Waals surface area contributed by atoms with Crippen LogP contribution in [-0.4, -0.2) is 40.4 Å². The monoisotopic (exact) mass is 396 g/mol. The van der Waals surface area contributed by atoms with E-state index in [0.29, 0.717) is 13.2 Å². The van der Waals surface area contributed by atoms with E-state index in [9.17, 15) is 0 Å². The van der Waals surface area contributed by atoms with E-state index in [0.717, 1.165) is 65.8 Å². The molecule has 8 heteroatoms. The fourth-order valence-electron chi connectivity index (χ4n) is 3.71. The van der Waals surface area contributed by atoms with Crippen LogP contribution in [0.25, 0.3) is 11.0 Å². The van der Waals surface area contributed by atoms with Gasteiger partial charge in [-0.1, -0.05) is 18.2 Å². The fourth-order valence-corrected chi connectivity index (χ4v) is 3.71. The van der Waals surface area contributed by atoms with Gasteiger partial charge in [0.1, 0.15) is 30.3 Å². The molecular formula is C21H28N6O2. The van der Waals surface area contributed by atoms with Gasteiger partial charge in [-0.3, -0.25) is 0 Å². The summed E-state index contributed by atoms with van der Waals surface area (Å²) in [6.45, 7) is 6.65. The summed E-state index contributed by atoms with van der Waals surface area (Å²) in [5, 5.41) is 12.6. The first kappa shape index (κ1) is 19.4. The Hall–Kier alpha value is -2.87. The highest BCUT2D eigenvalue weighted by Gasteiger charge is 2.22. The van der Waals surface area contributed by atoms with Crippen LogP contribution >= 0.6 is 0 Å². The summed E-state index contributed by atoms with van der Waals surface area (Å²) < 4.78 is 13.1. The van der Waals surface area contributed by atoms with Gasteiger partial charge in [-0.05, 0) is 26.3 Å². The number of aryl methyl sites for hydroxylation is 2. The van der Waals surface area contributed by atoms with Gasteiger partial charge in [0, 0.05) is 37.1 Å². The van der Waals surface area contributed by atoms with Gasteiger partial charge in [-0.15, -0.1) is 0 Å². The van der Waals surface area contributed by atoms with Crippen molar-refractivity contribution in [3.63, 3.8) is 0 Å². The molecule has 154 valence electrons. The standard InChI is InChI=1S/C21H28N6O2/c1-4-22-21(23-11-18-14(2)16-7-5-6-8-17(16)29-18)24-15-9-10-20-25-19(13-28-3)26-27(20)12-15/h5-8,15H,4,9-13H2,1-3H3,(H2,22,23,24). The van der Waals surface area contributed by atoms with Gasteiger partial charge in [0.15, 0.2) is 11.8 Å². The van der Waals surface area contributed by atoms with Gasteiger partial charge >= 0.3 is 0 Å². The van der Waals surface area contributed by atoms with Crippen LogP contribution in [0, 0.1) is 6.92 Å². The molecule has 0 spiro atoms. The van der Waals surface area contributed by atoms with E-state index in [1.165, 1.54) is 0 Å². The number of aromatic nitrogens is 3. The Morgan fingerprint density at radius 1 is 1.38 bits per heavy atom. The second-order valence-electron chi connectivity index (χ2n) is 7.28. The van der Waals surface area contributed by atoms with Crippen LogP contribution in [0.5, 0.6) is 0 Å². The van der Waals surface area contributed by atoms with Crippen molar-refractivity contribution in [3.05, 3.63) is 47.2 Å². The number of benzene rings is 1. The molecule has 2 N–H and O–H groups in total. The molecule has 3 aromatic rings. The zero-order valence-electron chi connectivity index (χ0n) is 17.2. The van der Waals surface area contributed by atoms with Crippen molar-refractivity contribution >= 4 is 16.9 Å². The number of hydrogen-bond acceptors (Lipinski definition) is 5. The summed E-state index contributed by atoms with van der Waals surface area (Å²) >= 11 is 0. The van der Waals surface area contributed by atoms with Crippen molar-refractivity contribution in [2.24, 2.45) is 4.99 Å². The Morgan fingerprint density at radius 3 is 3.03 bits per heavy atom. The second-order valence-corrected chi connectivity index (χ2v) is 7.28. The van der Waals surface area contributed by atoms with Gasteiger partial charge in [-0.25, -0.2) is 14.7 Å². The second kappa shape index (κ2) is 8.65. The number of fused-ring (bicyclic) bond motifs is 2. The predicted molar refractivity (Wildman–Crippen MR) is 112 cm³/mol. The summed E-state index contributed by atoms with van der Waals surface area (Å²) in [6, 6.07) is 8.34. The third-order valence-corrected chi connectivity index (χ3v) is 5.18. The minimum Gasteiger partial charge on any atom is -0.459 e. The maximum atomic E-state index is 5.99. The van der Waals surface area contributed by atoms with E-state index in [1.54, 1.807) is 7.11 Å². The average Bonchev–Trinajstić information content (AvgIpc) is 3.27. The van der Waals surface area contributed by atoms with Crippen molar-refractivity contribution in [2.45, 2.75) is 52.4 Å². The molecule has 0 aliphatic carbocycles. The number of nitrogens with one attached hydrogen (secondary N) is 2. The van der Waals surface area contributed by atoms with Crippen molar-refractivity contribution in [3.8, 4) is 0 Å². The first-order chi connectivity index (χ1) is 14.2. The molecule has 1 atom stereocenters.